The van der Waals surface area contributed by atoms with Crippen molar-refractivity contribution >= 4 is 10.9 Å². The smallest absolute Gasteiger partial charge is 0.167 e. The van der Waals surface area contributed by atoms with Crippen molar-refractivity contribution in [2.45, 2.75) is 12.8 Å². The van der Waals surface area contributed by atoms with E-state index < -0.39 is 0 Å². The maximum absolute atomic E-state index is 13.8. The maximum Gasteiger partial charge on any atom is 0.167 e. The van der Waals surface area contributed by atoms with Crippen LogP contribution in [0.1, 0.15) is 12.8 Å². The van der Waals surface area contributed by atoms with Crippen LogP contribution in [-0.4, -0.2) is 29.9 Å². The highest BCUT2D eigenvalue weighted by Crippen LogP contribution is 2.24. The van der Waals surface area contributed by atoms with Gasteiger partial charge in [0.1, 0.15) is 0 Å². The first kappa shape index (κ1) is 11.5. The Morgan fingerprint density at radius 1 is 1.44 bits per heavy atom. The van der Waals surface area contributed by atoms with Gasteiger partial charge in [0, 0.05) is 23.9 Å². The van der Waals surface area contributed by atoms with Crippen molar-refractivity contribution in [2.24, 2.45) is 5.92 Å². The second-order valence-corrected chi connectivity index (χ2v) is 4.76. The molecule has 2 aromatic rings. The Balaban J connectivity index is 1.71. The zero-order valence-electron chi connectivity index (χ0n) is 10.1. The van der Waals surface area contributed by atoms with Gasteiger partial charge < -0.3 is 10.1 Å². The Morgan fingerprint density at radius 2 is 2.39 bits per heavy atom. The van der Waals surface area contributed by atoms with E-state index in [9.17, 15) is 4.39 Å². The monoisotopic (exact) mass is 249 g/mol. The predicted molar refractivity (Wildman–Crippen MR) is 67.1 cm³/mol. The third kappa shape index (κ3) is 2.31. The van der Waals surface area contributed by atoms with Crippen molar-refractivity contribution < 1.29 is 9.13 Å². The van der Waals surface area contributed by atoms with Gasteiger partial charge >= 0.3 is 0 Å². The van der Waals surface area contributed by atoms with E-state index in [4.69, 9.17) is 4.74 Å². The normalized spacial score (nSPS) is 20.2. The summed E-state index contributed by atoms with van der Waals surface area (Å²) in [5.41, 5.74) is 0.694. The third-order valence-electron chi connectivity index (χ3n) is 3.37. The molecule has 0 saturated carbocycles. The molecule has 1 aromatic carbocycles. The number of nitrogens with zero attached hydrogens (tertiary/aromatic N) is 1. The van der Waals surface area contributed by atoms with Crippen molar-refractivity contribution in [3.8, 4) is 5.75 Å². The molecule has 3 rings (SSSR count). The van der Waals surface area contributed by atoms with Crippen LogP contribution >= 0.6 is 0 Å². The summed E-state index contributed by atoms with van der Waals surface area (Å²) < 4.78 is 19.4. The summed E-state index contributed by atoms with van der Waals surface area (Å²) in [7, 11) is 0. The van der Waals surface area contributed by atoms with Crippen LogP contribution < -0.4 is 10.1 Å². The molecule has 0 spiro atoms. The quantitative estimate of drug-likeness (QED) is 0.875. The average molecular weight is 249 g/mol. The van der Waals surface area contributed by atoms with Gasteiger partial charge in [-0.05, 0) is 25.5 Å². The molecule has 0 aliphatic carbocycles. The van der Waals surface area contributed by atoms with Crippen LogP contribution in [0.4, 0.5) is 4.39 Å². The lowest BCUT2D eigenvalue weighted by atomic mass is 10.0. The summed E-state index contributed by atoms with van der Waals surface area (Å²) >= 11 is 0. The molecule has 1 saturated heterocycles. The molecule has 2 N–H and O–H groups in total. The molecular formula is C13H16FN3O. The number of rotatable bonds is 3. The number of H-pyrrole nitrogens is 1. The molecule has 4 nitrogen and oxygen atoms in total. The van der Waals surface area contributed by atoms with Crippen LogP contribution in [0.5, 0.6) is 5.75 Å². The van der Waals surface area contributed by atoms with Gasteiger partial charge in [-0.2, -0.15) is 5.10 Å². The molecule has 1 unspecified atom stereocenters. The Labute approximate surface area is 105 Å². The van der Waals surface area contributed by atoms with Crippen molar-refractivity contribution in [3.05, 3.63) is 24.1 Å². The van der Waals surface area contributed by atoms with Crippen LogP contribution in [0.15, 0.2) is 18.3 Å². The third-order valence-corrected chi connectivity index (χ3v) is 3.37. The predicted octanol–water partition coefficient (Wildman–Crippen LogP) is 2.08. The lowest BCUT2D eigenvalue weighted by molar-refractivity contribution is 0.212. The van der Waals surface area contributed by atoms with Crippen LogP contribution in [0.2, 0.25) is 0 Å². The largest absolute Gasteiger partial charge is 0.490 e. The number of hydrogen-bond acceptors (Lipinski definition) is 3. The molecule has 1 aliphatic rings. The number of aromatic nitrogens is 2. The van der Waals surface area contributed by atoms with Crippen molar-refractivity contribution in [1.82, 2.24) is 15.5 Å². The number of nitrogens with one attached hydrogen (secondary N) is 2. The SMILES string of the molecule is Fc1cc2[nH]ncc2cc1OCC1CCCNC1. The van der Waals surface area contributed by atoms with Gasteiger partial charge in [-0.25, -0.2) is 4.39 Å². The minimum Gasteiger partial charge on any atom is -0.490 e. The number of piperidine rings is 1. The number of fused-ring (bicyclic) bond motifs is 1. The highest BCUT2D eigenvalue weighted by molar-refractivity contribution is 5.79. The summed E-state index contributed by atoms with van der Waals surface area (Å²) in [5.74, 6) is 0.447. The van der Waals surface area contributed by atoms with Crippen molar-refractivity contribution in [1.29, 1.82) is 0 Å². The highest BCUT2D eigenvalue weighted by atomic mass is 19.1. The fraction of sp³-hybridized carbons (Fsp3) is 0.462. The van der Waals surface area contributed by atoms with E-state index in [2.05, 4.69) is 15.5 Å². The van der Waals surface area contributed by atoms with Gasteiger partial charge in [0.2, 0.25) is 0 Å². The van der Waals surface area contributed by atoms with E-state index in [1.807, 2.05) is 0 Å². The molecule has 96 valence electrons. The summed E-state index contributed by atoms with van der Waals surface area (Å²) in [4.78, 5) is 0. The molecule has 0 radical (unpaired) electrons. The second-order valence-electron chi connectivity index (χ2n) is 4.76. The minimum absolute atomic E-state index is 0.314. The second kappa shape index (κ2) is 4.94. The molecule has 5 heteroatoms. The molecule has 18 heavy (non-hydrogen) atoms. The van der Waals surface area contributed by atoms with Crippen LogP contribution in [0.25, 0.3) is 10.9 Å². The Morgan fingerprint density at radius 3 is 3.22 bits per heavy atom. The molecule has 0 bridgehead atoms. The van der Waals surface area contributed by atoms with Crippen molar-refractivity contribution in [3.63, 3.8) is 0 Å². The van der Waals surface area contributed by atoms with Gasteiger partial charge in [0.15, 0.2) is 11.6 Å². The number of aromatic amines is 1. The van der Waals surface area contributed by atoms with E-state index in [0.717, 1.165) is 31.3 Å². The molecule has 1 atom stereocenters. The van der Waals surface area contributed by atoms with Gasteiger partial charge in [-0.1, -0.05) is 0 Å². The molecule has 0 amide bonds. The Hall–Kier alpha value is -1.62. The minimum atomic E-state index is -0.337. The summed E-state index contributed by atoms with van der Waals surface area (Å²) in [6.07, 6.45) is 3.98. The Bertz CT molecular complexity index is 534. The number of benzene rings is 1. The van der Waals surface area contributed by atoms with Crippen LogP contribution in [-0.2, 0) is 0 Å². The first-order valence-corrected chi connectivity index (χ1v) is 6.29. The lowest BCUT2D eigenvalue weighted by Gasteiger charge is -2.22. The van der Waals surface area contributed by atoms with Gasteiger partial charge in [-0.15, -0.1) is 0 Å². The topological polar surface area (TPSA) is 49.9 Å². The van der Waals surface area contributed by atoms with Crippen LogP contribution in [0, 0.1) is 11.7 Å². The lowest BCUT2D eigenvalue weighted by Crippen LogP contribution is -2.33. The van der Waals surface area contributed by atoms with E-state index in [-0.39, 0.29) is 5.82 Å². The number of ether oxygens (including phenoxy) is 1. The summed E-state index contributed by atoms with van der Waals surface area (Å²) in [6, 6.07) is 3.13. The van der Waals surface area contributed by atoms with E-state index in [0.29, 0.717) is 23.8 Å². The Kier molecular flexibility index (Phi) is 3.15. The van der Waals surface area contributed by atoms with Crippen molar-refractivity contribution in [2.75, 3.05) is 19.7 Å². The zero-order valence-corrected chi connectivity index (χ0v) is 10.1. The zero-order chi connectivity index (χ0) is 12.4. The van der Waals surface area contributed by atoms with Gasteiger partial charge in [-0.3, -0.25) is 5.10 Å². The molecule has 2 heterocycles. The highest BCUT2D eigenvalue weighted by Gasteiger charge is 2.15. The first-order valence-electron chi connectivity index (χ1n) is 6.29. The van der Waals surface area contributed by atoms with Gasteiger partial charge in [0.05, 0.1) is 18.3 Å². The van der Waals surface area contributed by atoms with E-state index in [1.165, 1.54) is 6.07 Å². The average Bonchev–Trinajstić information content (AvgIpc) is 2.84. The number of halogens is 1. The standard InChI is InChI=1S/C13H16FN3O/c14-11-5-12-10(7-16-17-12)4-13(11)18-8-9-2-1-3-15-6-9/h4-5,7,9,15H,1-3,6,8H2,(H,16,17). The van der Waals surface area contributed by atoms with Gasteiger partial charge in [0.25, 0.3) is 0 Å². The fourth-order valence-corrected chi connectivity index (χ4v) is 2.33. The van der Waals surface area contributed by atoms with Crippen LogP contribution in [0.3, 0.4) is 0 Å². The molecule has 1 aromatic heterocycles. The van der Waals surface area contributed by atoms with E-state index >= 15 is 0 Å². The first-order chi connectivity index (χ1) is 8.83. The summed E-state index contributed by atoms with van der Waals surface area (Å²) in [6.45, 7) is 2.59. The number of hydrogen-bond donors (Lipinski definition) is 2. The fourth-order valence-electron chi connectivity index (χ4n) is 2.33. The molecule has 1 fully saturated rings. The molecular weight excluding hydrogens is 233 g/mol. The molecule has 1 aliphatic heterocycles. The van der Waals surface area contributed by atoms with E-state index in [1.54, 1.807) is 12.3 Å². The maximum atomic E-state index is 13.8. The summed E-state index contributed by atoms with van der Waals surface area (Å²) in [5, 5.41) is 10.8.